The summed E-state index contributed by atoms with van der Waals surface area (Å²) in [6, 6.07) is 14.0. The summed E-state index contributed by atoms with van der Waals surface area (Å²) in [5.74, 6) is 0. The quantitative estimate of drug-likeness (QED) is 0.889. The van der Waals surface area contributed by atoms with E-state index in [4.69, 9.17) is 0 Å². The molecular weight excluding hydrogens is 256 g/mol. The third-order valence-corrected chi connectivity index (χ3v) is 5.41. The minimum absolute atomic E-state index is 0.672. The van der Waals surface area contributed by atoms with Crippen LogP contribution in [-0.4, -0.2) is 35.6 Å². The Morgan fingerprint density at radius 1 is 1.14 bits per heavy atom. The Morgan fingerprint density at radius 3 is 2.43 bits per heavy atom. The third kappa shape index (κ3) is 3.49. The molecule has 0 spiro atoms. The van der Waals surface area contributed by atoms with Gasteiger partial charge in [-0.3, -0.25) is 4.90 Å². The van der Waals surface area contributed by atoms with Gasteiger partial charge in [-0.15, -0.1) is 0 Å². The Morgan fingerprint density at radius 2 is 1.81 bits per heavy atom. The predicted octanol–water partition coefficient (Wildman–Crippen LogP) is 3.61. The van der Waals surface area contributed by atoms with E-state index in [1.165, 1.54) is 44.1 Å². The van der Waals surface area contributed by atoms with E-state index in [0.29, 0.717) is 6.04 Å². The van der Waals surface area contributed by atoms with Crippen LogP contribution in [0.15, 0.2) is 30.3 Å². The lowest BCUT2D eigenvalue weighted by atomic mass is 9.80. The van der Waals surface area contributed by atoms with Crippen LogP contribution in [0.25, 0.3) is 0 Å². The Bertz CT molecular complexity index is 416. The highest BCUT2D eigenvalue weighted by atomic mass is 15.2. The molecule has 0 amide bonds. The van der Waals surface area contributed by atoms with Crippen LogP contribution in [0.4, 0.5) is 0 Å². The van der Waals surface area contributed by atoms with Crippen LogP contribution in [0, 0.1) is 0 Å². The molecule has 3 atom stereocenters. The molecule has 1 N–H and O–H groups in total. The van der Waals surface area contributed by atoms with Crippen LogP contribution in [0.3, 0.4) is 0 Å². The summed E-state index contributed by atoms with van der Waals surface area (Å²) in [6.45, 7) is 5.79. The van der Waals surface area contributed by atoms with Crippen molar-refractivity contribution in [2.45, 2.75) is 76.5 Å². The molecule has 21 heavy (non-hydrogen) atoms. The van der Waals surface area contributed by atoms with Crippen LogP contribution in [-0.2, 0) is 6.42 Å². The van der Waals surface area contributed by atoms with E-state index in [2.05, 4.69) is 54.4 Å². The van der Waals surface area contributed by atoms with Gasteiger partial charge in [0.1, 0.15) is 0 Å². The van der Waals surface area contributed by atoms with Crippen molar-refractivity contribution in [2.75, 3.05) is 6.54 Å². The molecule has 2 nitrogen and oxygen atoms in total. The maximum Gasteiger partial charge on any atom is 0.0116 e. The maximum absolute atomic E-state index is 3.70. The van der Waals surface area contributed by atoms with Gasteiger partial charge in [0.05, 0.1) is 0 Å². The van der Waals surface area contributed by atoms with Gasteiger partial charge in [-0.25, -0.2) is 0 Å². The predicted molar refractivity (Wildman–Crippen MR) is 89.6 cm³/mol. The van der Waals surface area contributed by atoms with Gasteiger partial charge in [0.25, 0.3) is 0 Å². The van der Waals surface area contributed by atoms with Crippen LogP contribution >= 0.6 is 0 Å². The molecule has 1 aromatic carbocycles. The Kier molecular flexibility index (Phi) is 4.97. The number of hydrogen-bond donors (Lipinski definition) is 1. The van der Waals surface area contributed by atoms with Crippen molar-refractivity contribution in [1.29, 1.82) is 0 Å². The number of fused-ring (bicyclic) bond motifs is 2. The first-order valence-electron chi connectivity index (χ1n) is 8.82. The SMILES string of the molecule is CCNC1CC2CCCC(C1)N2C(C)Cc1ccccc1. The van der Waals surface area contributed by atoms with Gasteiger partial charge in [-0.1, -0.05) is 43.7 Å². The molecule has 0 radical (unpaired) electrons. The lowest BCUT2D eigenvalue weighted by Crippen LogP contribution is -2.59. The van der Waals surface area contributed by atoms with Gasteiger partial charge in [0, 0.05) is 24.2 Å². The average molecular weight is 286 g/mol. The standard InChI is InChI=1S/C19H30N2/c1-3-20-17-13-18-10-7-11-19(14-17)21(18)15(2)12-16-8-5-4-6-9-16/h4-6,8-9,15,17-20H,3,7,10-14H2,1-2H3. The van der Waals surface area contributed by atoms with E-state index in [-0.39, 0.29) is 0 Å². The maximum atomic E-state index is 3.70. The fourth-order valence-corrected chi connectivity index (χ4v) is 4.65. The molecule has 1 aromatic rings. The molecule has 2 heteroatoms. The van der Waals surface area contributed by atoms with Crippen molar-refractivity contribution < 1.29 is 0 Å². The average Bonchev–Trinajstić information content (AvgIpc) is 2.47. The first kappa shape index (κ1) is 15.1. The fraction of sp³-hybridized carbons (Fsp3) is 0.684. The number of piperidine rings is 2. The van der Waals surface area contributed by atoms with Crippen molar-refractivity contribution in [2.24, 2.45) is 0 Å². The highest BCUT2D eigenvalue weighted by Gasteiger charge is 2.39. The summed E-state index contributed by atoms with van der Waals surface area (Å²) in [6.07, 6.45) is 8.13. The smallest absolute Gasteiger partial charge is 0.0116 e. The minimum Gasteiger partial charge on any atom is -0.314 e. The van der Waals surface area contributed by atoms with E-state index >= 15 is 0 Å². The van der Waals surface area contributed by atoms with Crippen molar-refractivity contribution in [3.8, 4) is 0 Å². The van der Waals surface area contributed by atoms with Crippen molar-refractivity contribution in [1.82, 2.24) is 10.2 Å². The third-order valence-electron chi connectivity index (χ3n) is 5.41. The van der Waals surface area contributed by atoms with Crippen molar-refractivity contribution in [3.05, 3.63) is 35.9 Å². The summed E-state index contributed by atoms with van der Waals surface area (Å²) in [7, 11) is 0. The van der Waals surface area contributed by atoms with E-state index < -0.39 is 0 Å². The summed E-state index contributed by atoms with van der Waals surface area (Å²) in [5.41, 5.74) is 1.48. The summed E-state index contributed by atoms with van der Waals surface area (Å²) >= 11 is 0. The molecule has 2 aliphatic heterocycles. The second kappa shape index (κ2) is 6.93. The number of rotatable bonds is 5. The normalized spacial score (nSPS) is 31.0. The molecule has 0 aliphatic carbocycles. The topological polar surface area (TPSA) is 15.3 Å². The molecular formula is C19H30N2. The molecule has 2 bridgehead atoms. The minimum atomic E-state index is 0.672. The zero-order valence-corrected chi connectivity index (χ0v) is 13.6. The number of benzene rings is 1. The van der Waals surface area contributed by atoms with E-state index in [0.717, 1.165) is 24.7 Å². The summed E-state index contributed by atoms with van der Waals surface area (Å²) in [5, 5.41) is 3.70. The summed E-state index contributed by atoms with van der Waals surface area (Å²) in [4.78, 5) is 2.87. The van der Waals surface area contributed by atoms with Gasteiger partial charge in [-0.2, -0.15) is 0 Å². The molecule has 3 unspecified atom stereocenters. The second-order valence-corrected chi connectivity index (χ2v) is 6.95. The Balaban J connectivity index is 1.67. The number of nitrogens with zero attached hydrogens (tertiary/aromatic N) is 1. The largest absolute Gasteiger partial charge is 0.314 e. The molecule has 3 rings (SSSR count). The van der Waals surface area contributed by atoms with E-state index in [9.17, 15) is 0 Å². The van der Waals surface area contributed by atoms with Gasteiger partial charge in [0.2, 0.25) is 0 Å². The van der Waals surface area contributed by atoms with Gasteiger partial charge in [0.15, 0.2) is 0 Å². The monoisotopic (exact) mass is 286 g/mol. The fourth-order valence-electron chi connectivity index (χ4n) is 4.65. The van der Waals surface area contributed by atoms with Gasteiger partial charge < -0.3 is 5.32 Å². The Hall–Kier alpha value is -0.860. The van der Waals surface area contributed by atoms with Crippen LogP contribution < -0.4 is 5.32 Å². The molecule has 2 saturated heterocycles. The molecule has 0 saturated carbocycles. The molecule has 2 heterocycles. The lowest BCUT2D eigenvalue weighted by molar-refractivity contribution is -0.00489. The molecule has 116 valence electrons. The van der Waals surface area contributed by atoms with Crippen molar-refractivity contribution >= 4 is 0 Å². The van der Waals surface area contributed by atoms with Crippen molar-refractivity contribution in [3.63, 3.8) is 0 Å². The molecule has 2 fully saturated rings. The molecule has 0 aromatic heterocycles. The van der Waals surface area contributed by atoms with Gasteiger partial charge >= 0.3 is 0 Å². The Labute approximate surface area is 129 Å². The van der Waals surface area contributed by atoms with Crippen LogP contribution in [0.1, 0.15) is 51.5 Å². The lowest BCUT2D eigenvalue weighted by Gasteiger charge is -2.52. The highest BCUT2D eigenvalue weighted by Crippen LogP contribution is 2.36. The first-order chi connectivity index (χ1) is 10.3. The van der Waals surface area contributed by atoms with Crippen LogP contribution in [0.2, 0.25) is 0 Å². The highest BCUT2D eigenvalue weighted by molar-refractivity contribution is 5.16. The molecule has 2 aliphatic rings. The van der Waals surface area contributed by atoms with Gasteiger partial charge in [-0.05, 0) is 51.1 Å². The zero-order valence-electron chi connectivity index (χ0n) is 13.6. The van der Waals surface area contributed by atoms with Crippen LogP contribution in [0.5, 0.6) is 0 Å². The summed E-state index contributed by atoms with van der Waals surface area (Å²) < 4.78 is 0. The van der Waals surface area contributed by atoms with E-state index in [1.807, 2.05) is 0 Å². The first-order valence-corrected chi connectivity index (χ1v) is 8.82. The second-order valence-electron chi connectivity index (χ2n) is 6.95. The number of hydrogen-bond acceptors (Lipinski definition) is 2. The zero-order chi connectivity index (χ0) is 14.7. The number of nitrogens with one attached hydrogen (secondary N) is 1. The van der Waals surface area contributed by atoms with E-state index in [1.54, 1.807) is 0 Å².